The lowest BCUT2D eigenvalue weighted by Gasteiger charge is -2.11. The minimum atomic E-state index is -0.932. The molecular weight excluding hydrogens is 1830 g/mol. The SMILES string of the molecule is CCCCCCCCCCOc1ccc(OC(=O)c2ccc(OC(=O)c3cc(OC(=O)CCCCCCCCCCC(=O)Oc4cc(C(=O)Oc5ccc(C(=O)Oc6ccc(OCCCCCCCCCC)cc6)cc5)cc(C(=O)Oc5ccc(C(=O)Oc6ccc(OCCCCCCCCCC)cc6)cc5)c4)cc(C(=O)Oc4ccc(C(=O)Oc5ccc(OCCCCCCCCCC)cc5)cc4)c3)cc2)cc1. The predicted molar refractivity (Wildman–Crippen MR) is 554 cm³/mol. The molecule has 0 saturated carbocycles. The highest BCUT2D eigenvalue weighted by Gasteiger charge is 2.25. The molecule has 144 heavy (non-hydrogen) atoms. The van der Waals surface area contributed by atoms with E-state index in [0.717, 1.165) is 77.0 Å². The van der Waals surface area contributed by atoms with Crippen molar-refractivity contribution < 1.29 is 114 Å². The van der Waals surface area contributed by atoms with Gasteiger partial charge in [0.1, 0.15) is 80.5 Å². The van der Waals surface area contributed by atoms with Gasteiger partial charge in [0.05, 0.1) is 70.9 Å². The summed E-state index contributed by atoms with van der Waals surface area (Å²) in [5, 5.41) is 0. The van der Waals surface area contributed by atoms with E-state index in [1.807, 2.05) is 0 Å². The van der Waals surface area contributed by atoms with Gasteiger partial charge in [0.2, 0.25) is 0 Å². The molecule has 0 N–H and O–H groups in total. The van der Waals surface area contributed by atoms with Crippen LogP contribution in [0.25, 0.3) is 0 Å². The Labute approximate surface area is 848 Å². The average Bonchev–Trinajstić information content (AvgIpc) is 0.828. The van der Waals surface area contributed by atoms with Gasteiger partial charge in [-0.1, -0.05) is 246 Å². The fraction of sp³-hybridized carbons (Fsp3) is 0.417. The van der Waals surface area contributed by atoms with Crippen molar-refractivity contribution in [1.29, 1.82) is 0 Å². The molecule has 10 aromatic carbocycles. The number of hydrogen-bond donors (Lipinski definition) is 0. The Morgan fingerprint density at radius 3 is 0.472 bits per heavy atom. The van der Waals surface area contributed by atoms with E-state index in [9.17, 15) is 47.9 Å². The average molecular weight is 1970 g/mol. The van der Waals surface area contributed by atoms with Crippen molar-refractivity contribution in [2.45, 2.75) is 297 Å². The standard InChI is InChI=1S/C120H142O24/c1-5-9-13-17-21-29-35-41-79-131-97-63-71-105(72-64-97)137-113(123)89-47-55-101(56-48-89)141-117(127)93-83-94(118(128)142-102-57-49-90(50-58-102)114(124)138-106-73-65-98(66-74-106)132-80-42-36-30-22-18-14-10-6-2)86-109(85-93)135-111(121)45-39-33-27-25-26-28-34-40-46-112(122)136-110-87-95(119(129)143-103-59-51-91(52-60-103)115(125)139-107-75-67-99(68-76-107)133-81-43-37-31-23-19-15-11-7-3)84-96(88-110)120(130)144-104-61-53-92(54-62-104)116(126)140-108-77-69-100(70-78-108)134-82-44-38-32-24-20-16-12-8-4/h47-78,83-88H,5-46,79-82H2,1-4H3. The predicted octanol–water partition coefficient (Wildman–Crippen LogP) is 29.9. The van der Waals surface area contributed by atoms with Gasteiger partial charge in [0.25, 0.3) is 0 Å². The molecule has 0 spiro atoms. The first kappa shape index (κ1) is 112. The third-order valence-corrected chi connectivity index (χ3v) is 24.1. The second-order valence-electron chi connectivity index (χ2n) is 36.2. The largest absolute Gasteiger partial charge is 0.494 e. The number of carbonyl (C=O) groups is 10. The highest BCUT2D eigenvalue weighted by atomic mass is 16.6. The van der Waals surface area contributed by atoms with Gasteiger partial charge in [-0.25, -0.2) is 38.4 Å². The van der Waals surface area contributed by atoms with Crippen LogP contribution in [0.4, 0.5) is 0 Å². The Bertz CT molecular complexity index is 4880. The molecule has 0 saturated heterocycles. The van der Waals surface area contributed by atoms with Gasteiger partial charge in [-0.2, -0.15) is 0 Å². The number of carbonyl (C=O) groups excluding carboxylic acids is 10. The van der Waals surface area contributed by atoms with E-state index in [-0.39, 0.29) is 91.8 Å². The molecular formula is C120H142O24. The minimum Gasteiger partial charge on any atom is -0.494 e. The lowest BCUT2D eigenvalue weighted by Crippen LogP contribution is -2.15. The lowest BCUT2D eigenvalue weighted by atomic mass is 10.1. The Morgan fingerprint density at radius 1 is 0.146 bits per heavy atom. The van der Waals surface area contributed by atoms with Crippen molar-refractivity contribution in [2.75, 3.05) is 26.4 Å². The molecule has 0 aromatic heterocycles. The maximum Gasteiger partial charge on any atom is 0.343 e. The lowest BCUT2D eigenvalue weighted by molar-refractivity contribution is -0.135. The van der Waals surface area contributed by atoms with Crippen LogP contribution >= 0.6 is 0 Å². The van der Waals surface area contributed by atoms with E-state index in [2.05, 4.69) is 27.7 Å². The monoisotopic (exact) mass is 1970 g/mol. The number of rotatable bonds is 69. The van der Waals surface area contributed by atoms with E-state index in [4.69, 9.17) is 66.3 Å². The van der Waals surface area contributed by atoms with Crippen LogP contribution in [0.2, 0.25) is 0 Å². The molecule has 10 aromatic rings. The molecule has 0 radical (unpaired) electrons. The summed E-state index contributed by atoms with van der Waals surface area (Å²) in [5.41, 5.74) is -0.0147. The van der Waals surface area contributed by atoms with Crippen LogP contribution in [-0.4, -0.2) is 86.1 Å². The van der Waals surface area contributed by atoms with E-state index in [1.54, 1.807) is 97.1 Å². The molecule has 0 aliphatic carbocycles. The van der Waals surface area contributed by atoms with Crippen LogP contribution in [0.3, 0.4) is 0 Å². The van der Waals surface area contributed by atoms with Crippen LogP contribution < -0.4 is 66.3 Å². The second-order valence-corrected chi connectivity index (χ2v) is 36.2. The van der Waals surface area contributed by atoms with Crippen LogP contribution in [0, 0.1) is 0 Å². The van der Waals surface area contributed by atoms with Crippen molar-refractivity contribution in [3.8, 4) is 80.5 Å². The maximum atomic E-state index is 14.0. The van der Waals surface area contributed by atoms with E-state index in [0.29, 0.717) is 98.1 Å². The van der Waals surface area contributed by atoms with Gasteiger partial charge in [0, 0.05) is 12.8 Å². The summed E-state index contributed by atoms with van der Waals surface area (Å²) in [6, 6.07) is 57.5. The third-order valence-electron chi connectivity index (χ3n) is 24.1. The molecule has 24 nitrogen and oxygen atoms in total. The number of ether oxygens (including phenoxy) is 14. The van der Waals surface area contributed by atoms with E-state index < -0.39 is 59.7 Å². The minimum absolute atomic E-state index is 0.00758. The maximum absolute atomic E-state index is 14.0. The zero-order valence-corrected chi connectivity index (χ0v) is 84.3. The molecule has 0 amide bonds. The van der Waals surface area contributed by atoms with Gasteiger partial charge in [-0.05, 0) is 269 Å². The molecule has 0 bridgehead atoms. The topological polar surface area (TPSA) is 300 Å². The Hall–Kier alpha value is -13.9. The molecule has 24 heteroatoms. The van der Waals surface area contributed by atoms with Crippen molar-refractivity contribution in [1.82, 2.24) is 0 Å². The first-order valence-corrected chi connectivity index (χ1v) is 52.2. The third kappa shape index (κ3) is 43.1. The summed E-state index contributed by atoms with van der Waals surface area (Å²) >= 11 is 0. The van der Waals surface area contributed by atoms with Gasteiger partial charge in [-0.3, -0.25) is 9.59 Å². The van der Waals surface area contributed by atoms with Crippen molar-refractivity contribution >= 4 is 59.7 Å². The molecule has 10 rings (SSSR count). The van der Waals surface area contributed by atoms with Crippen molar-refractivity contribution in [2.24, 2.45) is 0 Å². The van der Waals surface area contributed by atoms with Crippen LogP contribution in [0.5, 0.6) is 80.5 Å². The van der Waals surface area contributed by atoms with Gasteiger partial charge in [-0.15, -0.1) is 0 Å². The fourth-order valence-corrected chi connectivity index (χ4v) is 15.8. The first-order chi connectivity index (χ1) is 70.3. The number of unbranched alkanes of at least 4 members (excludes halogenated alkanes) is 35. The summed E-state index contributed by atoms with van der Waals surface area (Å²) in [7, 11) is 0. The van der Waals surface area contributed by atoms with Gasteiger partial charge in [0.15, 0.2) is 0 Å². The summed E-state index contributed by atoms with van der Waals surface area (Å²) in [6.45, 7) is 11.2. The molecule has 0 unspecified atom stereocenters. The molecule has 0 aliphatic heterocycles. The zero-order valence-electron chi connectivity index (χ0n) is 84.3. The van der Waals surface area contributed by atoms with Crippen molar-refractivity contribution in [3.05, 3.63) is 275 Å². The highest BCUT2D eigenvalue weighted by molar-refractivity contribution is 6.00. The second kappa shape index (κ2) is 65.3. The summed E-state index contributed by atoms with van der Waals surface area (Å²) in [4.78, 5) is 136. The van der Waals surface area contributed by atoms with E-state index in [1.165, 1.54) is 288 Å². The molecule has 766 valence electrons. The summed E-state index contributed by atoms with van der Waals surface area (Å²) < 4.78 is 80.7. The van der Waals surface area contributed by atoms with Gasteiger partial charge < -0.3 is 66.3 Å². The molecule has 0 fully saturated rings. The Morgan fingerprint density at radius 2 is 0.292 bits per heavy atom. The van der Waals surface area contributed by atoms with Crippen LogP contribution in [-0.2, 0) is 9.59 Å². The number of hydrogen-bond acceptors (Lipinski definition) is 24. The number of esters is 10. The van der Waals surface area contributed by atoms with E-state index >= 15 is 0 Å². The fourth-order valence-electron chi connectivity index (χ4n) is 15.8. The quantitative estimate of drug-likeness (QED) is 0.0194. The molecule has 0 aliphatic rings. The highest BCUT2D eigenvalue weighted by Crippen LogP contribution is 2.32. The summed E-state index contributed by atoms with van der Waals surface area (Å²) in [5.74, 6) is -3.82. The summed E-state index contributed by atoms with van der Waals surface area (Å²) in [6.07, 6.45) is 43.4. The first-order valence-electron chi connectivity index (χ1n) is 52.2. The molecule has 0 atom stereocenters. The smallest absolute Gasteiger partial charge is 0.343 e. The van der Waals surface area contributed by atoms with Crippen LogP contribution in [0.1, 0.15) is 380 Å². The van der Waals surface area contributed by atoms with Crippen molar-refractivity contribution in [3.63, 3.8) is 0 Å². The van der Waals surface area contributed by atoms with Crippen LogP contribution in [0.15, 0.2) is 231 Å². The Balaban J connectivity index is 0.700. The Kier molecular flexibility index (Phi) is 50.8. The number of benzene rings is 10. The molecule has 0 heterocycles. The normalized spacial score (nSPS) is 10.9. The zero-order chi connectivity index (χ0) is 102. The van der Waals surface area contributed by atoms with Gasteiger partial charge >= 0.3 is 59.7 Å².